The van der Waals surface area contributed by atoms with Crippen LogP contribution in [0.3, 0.4) is 0 Å². The normalized spacial score (nSPS) is 10.4. The van der Waals surface area contributed by atoms with Gasteiger partial charge in [-0.3, -0.25) is 4.98 Å². The molecule has 5 heteroatoms. The zero-order valence-corrected chi connectivity index (χ0v) is 8.05. The molecule has 1 heterocycles. The maximum absolute atomic E-state index is 13.0. The van der Waals surface area contributed by atoms with E-state index >= 15 is 0 Å². The standard InChI is InChI=1S/C11H7F3N2/c12-8-3-6(4-9(13)11(8)14)7-5-16-2-1-10(7)15/h1-5H,(H2,15,16). The molecular formula is C11H7F3N2. The number of rotatable bonds is 1. The third-order valence-electron chi connectivity index (χ3n) is 2.15. The van der Waals surface area contributed by atoms with Gasteiger partial charge in [0.05, 0.1) is 0 Å². The number of hydrogen-bond acceptors (Lipinski definition) is 2. The van der Waals surface area contributed by atoms with Crippen molar-refractivity contribution in [3.8, 4) is 11.1 Å². The van der Waals surface area contributed by atoms with E-state index in [-0.39, 0.29) is 5.56 Å². The molecule has 2 aromatic rings. The van der Waals surface area contributed by atoms with Gasteiger partial charge in [-0.15, -0.1) is 0 Å². The summed E-state index contributed by atoms with van der Waals surface area (Å²) in [6.45, 7) is 0. The van der Waals surface area contributed by atoms with E-state index in [1.54, 1.807) is 0 Å². The average Bonchev–Trinajstić information content (AvgIpc) is 2.26. The smallest absolute Gasteiger partial charge is 0.194 e. The number of benzene rings is 1. The fourth-order valence-corrected chi connectivity index (χ4v) is 1.36. The van der Waals surface area contributed by atoms with Crippen LogP contribution in [-0.4, -0.2) is 4.98 Å². The summed E-state index contributed by atoms with van der Waals surface area (Å²) in [4.78, 5) is 3.79. The lowest BCUT2D eigenvalue weighted by atomic mass is 10.1. The van der Waals surface area contributed by atoms with Gasteiger partial charge >= 0.3 is 0 Å². The van der Waals surface area contributed by atoms with Gasteiger partial charge in [-0.25, -0.2) is 13.2 Å². The summed E-state index contributed by atoms with van der Waals surface area (Å²) in [6, 6.07) is 3.26. The molecule has 0 unspecified atom stereocenters. The van der Waals surface area contributed by atoms with E-state index < -0.39 is 17.5 Å². The van der Waals surface area contributed by atoms with Gasteiger partial charge in [0.2, 0.25) is 0 Å². The third kappa shape index (κ3) is 1.71. The highest BCUT2D eigenvalue weighted by molar-refractivity contribution is 5.75. The number of aromatic nitrogens is 1. The molecule has 0 bridgehead atoms. The molecule has 1 aromatic heterocycles. The number of halogens is 3. The van der Waals surface area contributed by atoms with Crippen molar-refractivity contribution in [2.75, 3.05) is 5.73 Å². The van der Waals surface area contributed by atoms with Crippen LogP contribution < -0.4 is 5.73 Å². The Morgan fingerprint density at radius 1 is 1.06 bits per heavy atom. The van der Waals surface area contributed by atoms with E-state index in [2.05, 4.69) is 4.98 Å². The Labute approximate surface area is 89.5 Å². The minimum atomic E-state index is -1.49. The monoisotopic (exact) mass is 224 g/mol. The molecule has 82 valence electrons. The van der Waals surface area contributed by atoms with Crippen LogP contribution >= 0.6 is 0 Å². The van der Waals surface area contributed by atoms with Crippen LogP contribution in [-0.2, 0) is 0 Å². The van der Waals surface area contributed by atoms with Gasteiger partial charge in [-0.2, -0.15) is 0 Å². The minimum absolute atomic E-state index is 0.155. The van der Waals surface area contributed by atoms with Gasteiger partial charge in [-0.05, 0) is 23.8 Å². The first kappa shape index (κ1) is 10.5. The molecule has 0 spiro atoms. The summed E-state index contributed by atoms with van der Waals surface area (Å²) < 4.78 is 38.7. The van der Waals surface area contributed by atoms with E-state index in [1.165, 1.54) is 18.5 Å². The van der Waals surface area contributed by atoms with Gasteiger partial charge in [-0.1, -0.05) is 0 Å². The Morgan fingerprint density at radius 2 is 1.69 bits per heavy atom. The zero-order chi connectivity index (χ0) is 11.7. The quantitative estimate of drug-likeness (QED) is 0.756. The van der Waals surface area contributed by atoms with Gasteiger partial charge < -0.3 is 5.73 Å². The molecule has 2 N–H and O–H groups in total. The molecule has 16 heavy (non-hydrogen) atoms. The number of nitrogens with two attached hydrogens (primary N) is 1. The first-order valence-electron chi connectivity index (χ1n) is 4.44. The van der Waals surface area contributed by atoms with E-state index in [0.29, 0.717) is 11.3 Å². The van der Waals surface area contributed by atoms with E-state index in [4.69, 9.17) is 5.73 Å². The highest BCUT2D eigenvalue weighted by Gasteiger charge is 2.12. The summed E-state index contributed by atoms with van der Waals surface area (Å²) in [5, 5.41) is 0. The van der Waals surface area contributed by atoms with E-state index in [9.17, 15) is 13.2 Å². The Kier molecular flexibility index (Phi) is 2.52. The van der Waals surface area contributed by atoms with Crippen molar-refractivity contribution in [2.45, 2.75) is 0 Å². The molecule has 0 fully saturated rings. The molecule has 0 saturated heterocycles. The summed E-state index contributed by atoms with van der Waals surface area (Å²) in [7, 11) is 0. The predicted octanol–water partition coefficient (Wildman–Crippen LogP) is 2.75. The lowest BCUT2D eigenvalue weighted by Gasteiger charge is -2.05. The fraction of sp³-hybridized carbons (Fsp3) is 0. The summed E-state index contributed by atoms with van der Waals surface area (Å²) in [6.07, 6.45) is 2.82. The number of nitrogen functional groups attached to an aromatic ring is 1. The molecule has 0 saturated carbocycles. The highest BCUT2D eigenvalue weighted by Crippen LogP contribution is 2.27. The largest absolute Gasteiger partial charge is 0.398 e. The van der Waals surface area contributed by atoms with Crippen molar-refractivity contribution in [1.82, 2.24) is 4.98 Å². The number of pyridine rings is 1. The number of hydrogen-bond donors (Lipinski definition) is 1. The fourth-order valence-electron chi connectivity index (χ4n) is 1.36. The van der Waals surface area contributed by atoms with Crippen LogP contribution in [0.4, 0.5) is 18.9 Å². The van der Waals surface area contributed by atoms with Crippen LogP contribution in [0, 0.1) is 17.5 Å². The Hall–Kier alpha value is -2.04. The summed E-state index contributed by atoms with van der Waals surface area (Å²) in [5.41, 5.74) is 6.45. The Bertz CT molecular complexity index is 517. The van der Waals surface area contributed by atoms with Gasteiger partial charge in [0.1, 0.15) is 0 Å². The molecule has 0 amide bonds. The van der Waals surface area contributed by atoms with Crippen LogP contribution in [0.2, 0.25) is 0 Å². The second-order valence-electron chi connectivity index (χ2n) is 3.22. The van der Waals surface area contributed by atoms with E-state index in [1.807, 2.05) is 0 Å². The number of anilines is 1. The molecule has 2 nitrogen and oxygen atoms in total. The second kappa shape index (κ2) is 3.84. The molecule has 0 radical (unpaired) electrons. The molecule has 0 aliphatic heterocycles. The van der Waals surface area contributed by atoms with Crippen molar-refractivity contribution in [1.29, 1.82) is 0 Å². The maximum atomic E-state index is 13.0. The van der Waals surface area contributed by atoms with Crippen molar-refractivity contribution < 1.29 is 13.2 Å². The lowest BCUT2D eigenvalue weighted by molar-refractivity contribution is 0.448. The summed E-state index contributed by atoms with van der Waals surface area (Å²) in [5.74, 6) is -4.00. The molecule has 0 aliphatic rings. The summed E-state index contributed by atoms with van der Waals surface area (Å²) >= 11 is 0. The topological polar surface area (TPSA) is 38.9 Å². The van der Waals surface area contributed by atoms with Crippen LogP contribution in [0.15, 0.2) is 30.6 Å². The van der Waals surface area contributed by atoms with Crippen molar-refractivity contribution in [3.63, 3.8) is 0 Å². The van der Waals surface area contributed by atoms with Crippen molar-refractivity contribution in [3.05, 3.63) is 48.0 Å². The minimum Gasteiger partial charge on any atom is -0.398 e. The van der Waals surface area contributed by atoms with Crippen molar-refractivity contribution in [2.24, 2.45) is 0 Å². The molecule has 0 atom stereocenters. The van der Waals surface area contributed by atoms with Crippen LogP contribution in [0.25, 0.3) is 11.1 Å². The average molecular weight is 224 g/mol. The third-order valence-corrected chi connectivity index (χ3v) is 2.15. The highest BCUT2D eigenvalue weighted by atomic mass is 19.2. The first-order chi connectivity index (χ1) is 7.59. The molecule has 2 rings (SSSR count). The van der Waals surface area contributed by atoms with E-state index in [0.717, 1.165) is 12.1 Å². The SMILES string of the molecule is Nc1ccncc1-c1cc(F)c(F)c(F)c1. The predicted molar refractivity (Wildman–Crippen MR) is 54.0 cm³/mol. The van der Waals surface area contributed by atoms with Gasteiger partial charge in [0.25, 0.3) is 0 Å². The van der Waals surface area contributed by atoms with Gasteiger partial charge in [0.15, 0.2) is 17.5 Å². The Morgan fingerprint density at radius 3 is 2.25 bits per heavy atom. The lowest BCUT2D eigenvalue weighted by Crippen LogP contribution is -1.95. The number of nitrogens with zero attached hydrogens (tertiary/aromatic N) is 1. The molecule has 0 aliphatic carbocycles. The van der Waals surface area contributed by atoms with Crippen LogP contribution in [0.1, 0.15) is 0 Å². The zero-order valence-electron chi connectivity index (χ0n) is 8.05. The maximum Gasteiger partial charge on any atom is 0.194 e. The van der Waals surface area contributed by atoms with Gasteiger partial charge in [0, 0.05) is 23.6 Å². The van der Waals surface area contributed by atoms with Crippen molar-refractivity contribution >= 4 is 5.69 Å². The molecule has 1 aromatic carbocycles. The molecular weight excluding hydrogens is 217 g/mol. The second-order valence-corrected chi connectivity index (χ2v) is 3.22. The van der Waals surface area contributed by atoms with Crippen LogP contribution in [0.5, 0.6) is 0 Å². The first-order valence-corrected chi connectivity index (χ1v) is 4.44. The Balaban J connectivity index is 2.62.